The van der Waals surface area contributed by atoms with Crippen LogP contribution in [0.5, 0.6) is 0 Å². The van der Waals surface area contributed by atoms with Crippen LogP contribution in [0.25, 0.3) is 0 Å². The Kier molecular flexibility index (Phi) is 4.93. The highest BCUT2D eigenvalue weighted by Crippen LogP contribution is 2.12. The Morgan fingerprint density at radius 3 is 2.89 bits per heavy atom. The van der Waals surface area contributed by atoms with Crippen molar-refractivity contribution in [2.75, 3.05) is 26.2 Å². The molecule has 0 radical (unpaired) electrons. The first-order valence-corrected chi connectivity index (χ1v) is 6.87. The molecule has 0 bridgehead atoms. The van der Waals surface area contributed by atoms with Crippen LogP contribution in [0.2, 0.25) is 0 Å². The molecule has 1 fully saturated rings. The van der Waals surface area contributed by atoms with Gasteiger partial charge >= 0.3 is 0 Å². The molecular weight excluding hydrogens is 242 g/mol. The number of hydrogen-bond acceptors (Lipinski definition) is 4. The van der Waals surface area contributed by atoms with Crippen LogP contribution in [-0.2, 0) is 11.3 Å². The summed E-state index contributed by atoms with van der Waals surface area (Å²) in [6.45, 7) is 6.06. The van der Waals surface area contributed by atoms with E-state index in [4.69, 9.17) is 5.73 Å². The third-order valence-corrected chi connectivity index (χ3v) is 3.74. The Labute approximate surface area is 114 Å². The van der Waals surface area contributed by atoms with Gasteiger partial charge in [0.15, 0.2) is 0 Å². The van der Waals surface area contributed by atoms with Gasteiger partial charge in [-0.05, 0) is 32.9 Å². The van der Waals surface area contributed by atoms with Crippen molar-refractivity contribution in [2.45, 2.75) is 32.4 Å². The molecule has 1 aliphatic rings. The van der Waals surface area contributed by atoms with E-state index in [1.54, 1.807) is 6.20 Å². The molecular formula is C13H23N5O. The van der Waals surface area contributed by atoms with Crippen LogP contribution < -0.4 is 11.1 Å². The van der Waals surface area contributed by atoms with Crippen LogP contribution in [0, 0.1) is 6.92 Å². The number of aromatic nitrogens is 2. The third-order valence-electron chi connectivity index (χ3n) is 3.74. The standard InChI is InChI=1S/C13H23N5O/c1-11-16-6-7-17(11)8-9-18(10-13(14)19)12-2-4-15-5-3-12/h6-7,12,15H,2-5,8-10H2,1H3,(H2,14,19). The van der Waals surface area contributed by atoms with Crippen LogP contribution in [0.1, 0.15) is 18.7 Å². The van der Waals surface area contributed by atoms with Gasteiger partial charge in [-0.2, -0.15) is 0 Å². The summed E-state index contributed by atoms with van der Waals surface area (Å²) in [6, 6.07) is 0.456. The maximum absolute atomic E-state index is 11.2. The Morgan fingerprint density at radius 1 is 1.58 bits per heavy atom. The van der Waals surface area contributed by atoms with E-state index in [1.165, 1.54) is 0 Å². The molecule has 106 valence electrons. The van der Waals surface area contributed by atoms with Gasteiger partial charge in [0.1, 0.15) is 5.82 Å². The van der Waals surface area contributed by atoms with Crippen LogP contribution in [0.15, 0.2) is 12.4 Å². The maximum Gasteiger partial charge on any atom is 0.231 e. The zero-order chi connectivity index (χ0) is 13.7. The van der Waals surface area contributed by atoms with Crippen molar-refractivity contribution in [1.29, 1.82) is 0 Å². The van der Waals surface area contributed by atoms with Crippen LogP contribution in [-0.4, -0.2) is 52.6 Å². The summed E-state index contributed by atoms with van der Waals surface area (Å²) in [5, 5.41) is 3.34. The average Bonchev–Trinajstić information content (AvgIpc) is 2.81. The minimum atomic E-state index is -0.249. The number of primary amides is 1. The van der Waals surface area contributed by atoms with Gasteiger partial charge in [-0.15, -0.1) is 0 Å². The maximum atomic E-state index is 11.2. The molecule has 1 aromatic heterocycles. The number of carbonyl (C=O) groups excluding carboxylic acids is 1. The molecule has 1 aromatic rings. The summed E-state index contributed by atoms with van der Waals surface area (Å²) < 4.78 is 2.11. The van der Waals surface area contributed by atoms with Crippen molar-refractivity contribution in [1.82, 2.24) is 19.8 Å². The first-order valence-electron chi connectivity index (χ1n) is 6.87. The van der Waals surface area contributed by atoms with Crippen molar-refractivity contribution in [3.05, 3.63) is 18.2 Å². The van der Waals surface area contributed by atoms with E-state index in [0.717, 1.165) is 44.8 Å². The fourth-order valence-electron chi connectivity index (χ4n) is 2.64. The van der Waals surface area contributed by atoms with Gasteiger partial charge in [-0.3, -0.25) is 9.69 Å². The quantitative estimate of drug-likeness (QED) is 0.742. The number of aryl methyl sites for hydroxylation is 1. The van der Waals surface area contributed by atoms with Crippen LogP contribution in [0.3, 0.4) is 0 Å². The number of hydrogen-bond donors (Lipinski definition) is 2. The predicted octanol–water partition coefficient (Wildman–Crippen LogP) is -0.269. The zero-order valence-electron chi connectivity index (χ0n) is 11.5. The first kappa shape index (κ1) is 14.0. The van der Waals surface area contributed by atoms with Crippen molar-refractivity contribution in [3.63, 3.8) is 0 Å². The van der Waals surface area contributed by atoms with Gasteiger partial charge in [0.2, 0.25) is 5.91 Å². The van der Waals surface area contributed by atoms with Crippen molar-refractivity contribution >= 4 is 5.91 Å². The molecule has 0 spiro atoms. The Balaban J connectivity index is 1.93. The fourth-order valence-corrected chi connectivity index (χ4v) is 2.64. The number of imidazole rings is 1. The molecule has 19 heavy (non-hydrogen) atoms. The number of nitrogens with two attached hydrogens (primary N) is 1. The summed E-state index contributed by atoms with van der Waals surface area (Å²) in [4.78, 5) is 17.6. The minimum Gasteiger partial charge on any atom is -0.369 e. The molecule has 3 N–H and O–H groups in total. The topological polar surface area (TPSA) is 76.2 Å². The summed E-state index contributed by atoms with van der Waals surface area (Å²) >= 11 is 0. The van der Waals surface area contributed by atoms with Crippen molar-refractivity contribution in [3.8, 4) is 0 Å². The molecule has 1 aliphatic heterocycles. The Bertz CT molecular complexity index is 411. The SMILES string of the molecule is Cc1nccn1CCN(CC(N)=O)C1CCNCC1. The van der Waals surface area contributed by atoms with E-state index in [1.807, 2.05) is 13.1 Å². The molecule has 1 saturated heterocycles. The Morgan fingerprint density at radius 2 is 2.32 bits per heavy atom. The van der Waals surface area contributed by atoms with E-state index >= 15 is 0 Å². The van der Waals surface area contributed by atoms with E-state index in [9.17, 15) is 4.79 Å². The second-order valence-corrected chi connectivity index (χ2v) is 5.09. The summed E-state index contributed by atoms with van der Waals surface area (Å²) in [5.74, 6) is 0.755. The molecule has 2 rings (SSSR count). The number of carbonyl (C=O) groups is 1. The molecule has 0 aromatic carbocycles. The molecule has 6 nitrogen and oxygen atoms in total. The molecule has 0 aliphatic carbocycles. The van der Waals surface area contributed by atoms with Crippen LogP contribution >= 0.6 is 0 Å². The normalized spacial score (nSPS) is 16.9. The second-order valence-electron chi connectivity index (χ2n) is 5.09. The highest BCUT2D eigenvalue weighted by molar-refractivity contribution is 5.75. The first-order chi connectivity index (χ1) is 9.16. The van der Waals surface area contributed by atoms with Gasteiger partial charge in [0, 0.05) is 31.5 Å². The van der Waals surface area contributed by atoms with Gasteiger partial charge in [0.05, 0.1) is 6.54 Å². The monoisotopic (exact) mass is 265 g/mol. The molecule has 0 unspecified atom stereocenters. The minimum absolute atomic E-state index is 0.249. The average molecular weight is 265 g/mol. The molecule has 0 atom stereocenters. The highest BCUT2D eigenvalue weighted by Gasteiger charge is 2.22. The lowest BCUT2D eigenvalue weighted by Gasteiger charge is -2.33. The van der Waals surface area contributed by atoms with Crippen molar-refractivity contribution < 1.29 is 4.79 Å². The van der Waals surface area contributed by atoms with E-state index in [2.05, 4.69) is 19.8 Å². The molecule has 0 saturated carbocycles. The van der Waals surface area contributed by atoms with Gasteiger partial charge < -0.3 is 15.6 Å². The summed E-state index contributed by atoms with van der Waals surface area (Å²) in [5.41, 5.74) is 5.36. The smallest absolute Gasteiger partial charge is 0.231 e. The third kappa shape index (κ3) is 4.04. The second kappa shape index (κ2) is 6.68. The van der Waals surface area contributed by atoms with Gasteiger partial charge in [-0.1, -0.05) is 0 Å². The summed E-state index contributed by atoms with van der Waals surface area (Å²) in [7, 11) is 0. The number of nitrogens with one attached hydrogen (secondary N) is 1. The molecule has 2 heterocycles. The number of nitrogens with zero attached hydrogens (tertiary/aromatic N) is 3. The molecule has 1 amide bonds. The van der Waals surface area contributed by atoms with Gasteiger partial charge in [-0.25, -0.2) is 4.98 Å². The lowest BCUT2D eigenvalue weighted by Crippen LogP contribution is -2.47. The van der Waals surface area contributed by atoms with E-state index in [0.29, 0.717) is 12.6 Å². The highest BCUT2D eigenvalue weighted by atomic mass is 16.1. The lowest BCUT2D eigenvalue weighted by molar-refractivity contribution is -0.119. The van der Waals surface area contributed by atoms with Gasteiger partial charge in [0.25, 0.3) is 0 Å². The Hall–Kier alpha value is -1.40. The fraction of sp³-hybridized carbons (Fsp3) is 0.692. The van der Waals surface area contributed by atoms with Crippen LogP contribution in [0.4, 0.5) is 0 Å². The van der Waals surface area contributed by atoms with Crippen molar-refractivity contribution in [2.24, 2.45) is 5.73 Å². The molecule has 6 heteroatoms. The predicted molar refractivity (Wildman–Crippen MR) is 73.6 cm³/mol. The number of rotatable bonds is 6. The van der Waals surface area contributed by atoms with E-state index < -0.39 is 0 Å². The number of piperidine rings is 1. The summed E-state index contributed by atoms with van der Waals surface area (Å²) in [6.07, 6.45) is 5.94. The lowest BCUT2D eigenvalue weighted by atomic mass is 10.0. The largest absolute Gasteiger partial charge is 0.369 e. The zero-order valence-corrected chi connectivity index (χ0v) is 11.5. The van der Waals surface area contributed by atoms with E-state index in [-0.39, 0.29) is 5.91 Å². The number of amides is 1.